The van der Waals surface area contributed by atoms with E-state index in [-0.39, 0.29) is 42.0 Å². The Balaban J connectivity index is -0.000000522. The minimum absolute atomic E-state index is 0. The van der Waals surface area contributed by atoms with Gasteiger partial charge < -0.3 is 19.3 Å². The van der Waals surface area contributed by atoms with Gasteiger partial charge in [0, 0.05) is 11.1 Å². The molecule has 0 heterocycles. The molecule has 1 aromatic rings. The van der Waals surface area contributed by atoms with Crippen LogP contribution in [-0.4, -0.2) is 12.2 Å². The minimum atomic E-state index is -0.0986. The van der Waals surface area contributed by atoms with E-state index in [2.05, 4.69) is 53.7 Å². The maximum atomic E-state index is 10.4. The molecule has 1 aliphatic rings. The first-order valence-corrected chi connectivity index (χ1v) is 7.71. The Kier molecular flexibility index (Phi) is 13.2. The van der Waals surface area contributed by atoms with E-state index in [4.69, 9.17) is 4.74 Å². The molecule has 0 atom stereocenters. The first-order chi connectivity index (χ1) is 10.1. The Morgan fingerprint density at radius 2 is 1.40 bits per heavy atom. The van der Waals surface area contributed by atoms with Gasteiger partial charge in [-0.05, 0) is 23.0 Å². The van der Waals surface area contributed by atoms with Crippen LogP contribution in [0.1, 0.15) is 59.1 Å². The van der Waals surface area contributed by atoms with Crippen molar-refractivity contribution >= 4 is 0 Å². The summed E-state index contributed by atoms with van der Waals surface area (Å²) in [7, 11) is 1.66. The van der Waals surface area contributed by atoms with Crippen LogP contribution in [0.2, 0.25) is 0 Å². The van der Waals surface area contributed by atoms with Gasteiger partial charge >= 0.3 is 21.7 Å². The van der Waals surface area contributed by atoms with Crippen LogP contribution < -0.4 is 14.1 Å². The van der Waals surface area contributed by atoms with Crippen LogP contribution in [0.3, 0.4) is 0 Å². The molecule has 0 bridgehead atoms. The number of methoxy groups -OCH3 is 1. The summed E-state index contributed by atoms with van der Waals surface area (Å²) >= 11 is 0. The Morgan fingerprint density at radius 1 is 0.960 bits per heavy atom. The maximum absolute atomic E-state index is 10.4. The van der Waals surface area contributed by atoms with E-state index in [1.165, 1.54) is 0 Å². The van der Waals surface area contributed by atoms with Gasteiger partial charge in [-0.25, -0.2) is 12.2 Å². The third kappa shape index (κ3) is 8.69. The topological polar surface area (TPSA) is 29.5 Å². The predicted octanol–water partition coefficient (Wildman–Crippen LogP) is -0.693. The van der Waals surface area contributed by atoms with Gasteiger partial charge in [-0.2, -0.15) is 6.08 Å². The molecule has 0 saturated carbocycles. The number of rotatable bonds is 1. The SMILES string of the molecule is COc1cc(C(C)(C)C)c(O)c(C(C)(C)C)c1.[C-]1=CC=CC1.[F-].[F-].[Ti+3]. The maximum Gasteiger partial charge on any atom is 3.00 e. The van der Waals surface area contributed by atoms with E-state index in [0.29, 0.717) is 5.75 Å². The second-order valence-electron chi connectivity index (χ2n) is 7.57. The normalized spacial score (nSPS) is 12.1. The van der Waals surface area contributed by atoms with E-state index in [1.54, 1.807) is 7.11 Å². The molecule has 2 nitrogen and oxygen atoms in total. The molecule has 0 fully saturated rings. The summed E-state index contributed by atoms with van der Waals surface area (Å²) in [5.74, 6) is 1.20. The van der Waals surface area contributed by atoms with Gasteiger partial charge in [0.25, 0.3) is 0 Å². The van der Waals surface area contributed by atoms with Gasteiger partial charge in [0.2, 0.25) is 0 Å². The summed E-state index contributed by atoms with van der Waals surface area (Å²) in [4.78, 5) is 0. The predicted molar refractivity (Wildman–Crippen MR) is 93.6 cm³/mol. The van der Waals surface area contributed by atoms with Crippen LogP contribution >= 0.6 is 0 Å². The number of phenols is 1. The summed E-state index contributed by atoms with van der Waals surface area (Å²) < 4.78 is 5.33. The van der Waals surface area contributed by atoms with Gasteiger partial charge in [-0.3, -0.25) is 6.08 Å². The number of ether oxygens (including phenoxy) is 1. The summed E-state index contributed by atoms with van der Waals surface area (Å²) in [6.45, 7) is 12.5. The Hall–Kier alpha value is -1.13. The van der Waals surface area contributed by atoms with Crippen molar-refractivity contribution in [3.63, 3.8) is 0 Å². The van der Waals surface area contributed by atoms with Crippen LogP contribution in [0.5, 0.6) is 11.5 Å². The van der Waals surface area contributed by atoms with Crippen molar-refractivity contribution in [1.29, 1.82) is 0 Å². The molecule has 5 heteroatoms. The average Bonchev–Trinajstić information content (AvgIpc) is 2.95. The standard InChI is InChI=1S/C15H24O2.C5H5.2FH.Ti/c1-14(2,3)11-8-10(17-7)9-12(13(11)16)15(4,5)6;1-2-4-5-3-1;;;/h8-9,16H,1-7H3;1-3H,4H2;2*1H;/q;-1;;;+3/p-2. The van der Waals surface area contributed by atoms with Crippen molar-refractivity contribution in [2.75, 3.05) is 7.11 Å². The van der Waals surface area contributed by atoms with E-state index in [1.807, 2.05) is 24.3 Å². The fourth-order valence-corrected chi connectivity index (χ4v) is 2.21. The molecule has 0 aliphatic heterocycles. The van der Waals surface area contributed by atoms with Crippen LogP contribution in [-0.2, 0) is 32.5 Å². The van der Waals surface area contributed by atoms with Crippen molar-refractivity contribution < 1.29 is 41.0 Å². The van der Waals surface area contributed by atoms with Crippen molar-refractivity contribution in [3.8, 4) is 11.5 Å². The molecule has 25 heavy (non-hydrogen) atoms. The van der Waals surface area contributed by atoms with Crippen LogP contribution in [0, 0.1) is 6.08 Å². The monoisotopic (exact) mass is 387 g/mol. The largest absolute Gasteiger partial charge is 3.00 e. The fourth-order valence-electron chi connectivity index (χ4n) is 2.21. The molecule has 0 spiro atoms. The Morgan fingerprint density at radius 3 is 1.60 bits per heavy atom. The first kappa shape index (κ1) is 28.7. The van der Waals surface area contributed by atoms with E-state index in [9.17, 15) is 5.11 Å². The molecule has 2 rings (SSSR count). The molecule has 0 saturated heterocycles. The van der Waals surface area contributed by atoms with Crippen molar-refractivity contribution in [2.24, 2.45) is 0 Å². The number of halogens is 2. The smallest absolute Gasteiger partial charge is 1.00 e. The third-order valence-electron chi connectivity index (χ3n) is 3.52. The summed E-state index contributed by atoms with van der Waals surface area (Å²) in [5, 5.41) is 10.4. The summed E-state index contributed by atoms with van der Waals surface area (Å²) in [6, 6.07) is 3.84. The summed E-state index contributed by atoms with van der Waals surface area (Å²) in [5.41, 5.74) is 1.67. The zero-order valence-corrected chi connectivity index (χ0v) is 17.8. The second-order valence-corrected chi connectivity index (χ2v) is 7.57. The number of hydrogen-bond donors (Lipinski definition) is 1. The zero-order chi connectivity index (χ0) is 17.0. The van der Waals surface area contributed by atoms with Gasteiger partial charge in [0.15, 0.2) is 0 Å². The molecular weight excluding hydrogens is 358 g/mol. The van der Waals surface area contributed by atoms with Crippen molar-refractivity contribution in [2.45, 2.75) is 58.8 Å². The van der Waals surface area contributed by atoms with E-state index < -0.39 is 0 Å². The molecular formula is C20H29F2O2Ti. The average molecular weight is 387 g/mol. The van der Waals surface area contributed by atoms with Crippen molar-refractivity contribution in [3.05, 3.63) is 47.6 Å². The van der Waals surface area contributed by atoms with Gasteiger partial charge in [-0.1, -0.05) is 41.5 Å². The number of hydrogen-bond acceptors (Lipinski definition) is 2. The van der Waals surface area contributed by atoms with E-state index in [0.717, 1.165) is 23.3 Å². The first-order valence-electron chi connectivity index (χ1n) is 7.71. The Bertz CT molecular complexity index is 523. The van der Waals surface area contributed by atoms with Crippen LogP contribution in [0.4, 0.5) is 0 Å². The second kappa shape index (κ2) is 11.5. The molecule has 1 radical (unpaired) electrons. The molecule has 1 aliphatic carbocycles. The van der Waals surface area contributed by atoms with Gasteiger partial charge in [0.1, 0.15) is 11.5 Å². The van der Waals surface area contributed by atoms with Gasteiger partial charge in [0.05, 0.1) is 7.11 Å². The minimum Gasteiger partial charge on any atom is -1.00 e. The van der Waals surface area contributed by atoms with Crippen LogP contribution in [0.25, 0.3) is 0 Å². The van der Waals surface area contributed by atoms with Gasteiger partial charge in [-0.15, -0.1) is 6.42 Å². The molecule has 0 amide bonds. The number of benzene rings is 1. The molecule has 139 valence electrons. The molecule has 0 aromatic heterocycles. The molecule has 1 aromatic carbocycles. The fraction of sp³-hybridized carbons (Fsp3) is 0.500. The number of phenolic OH excluding ortho intramolecular Hbond substituents is 1. The quantitative estimate of drug-likeness (QED) is 0.511. The third-order valence-corrected chi connectivity index (χ3v) is 3.52. The zero-order valence-electron chi connectivity index (χ0n) is 16.2. The Labute approximate surface area is 166 Å². The van der Waals surface area contributed by atoms with Crippen molar-refractivity contribution in [1.82, 2.24) is 0 Å². The molecule has 1 N–H and O–H groups in total. The number of aromatic hydroxyl groups is 1. The van der Waals surface area contributed by atoms with E-state index >= 15 is 0 Å². The van der Waals surface area contributed by atoms with Crippen LogP contribution in [0.15, 0.2) is 30.4 Å². The summed E-state index contributed by atoms with van der Waals surface area (Å²) in [6.07, 6.45) is 10.0. The molecule has 0 unspecified atom stereocenters. The number of allylic oxidation sites excluding steroid dienone is 4.